The van der Waals surface area contributed by atoms with Gasteiger partial charge in [-0.25, -0.2) is 0 Å². The highest BCUT2D eigenvalue weighted by molar-refractivity contribution is 7.80. The van der Waals surface area contributed by atoms with E-state index in [1.807, 2.05) is 42.6 Å². The second-order valence-corrected chi connectivity index (χ2v) is 8.56. The Hall–Kier alpha value is -3.84. The van der Waals surface area contributed by atoms with Gasteiger partial charge in [0.25, 0.3) is 0 Å². The van der Waals surface area contributed by atoms with E-state index in [4.69, 9.17) is 21.7 Å². The molecule has 1 aliphatic heterocycles. The monoisotopic (exact) mass is 470 g/mol. The molecule has 0 aliphatic carbocycles. The molecule has 1 aliphatic rings. The van der Waals surface area contributed by atoms with Gasteiger partial charge < -0.3 is 24.3 Å². The van der Waals surface area contributed by atoms with Crippen molar-refractivity contribution in [1.82, 2.24) is 14.9 Å². The standard InChI is InChI=1S/C27H26N4O2S/c1-18-9-11-19(12-10-18)30-16-6-8-22(30)26-25(21-7-4-5-15-28-21)29-27(34)31(26)23-17-20(32-2)13-14-24(23)33-3/h4-17,25-26H,1-3H3,(H,29,34)/t25-,26+/m0/s1. The van der Waals surface area contributed by atoms with E-state index in [1.54, 1.807) is 14.2 Å². The van der Waals surface area contributed by atoms with Crippen LogP contribution in [0.15, 0.2) is 85.2 Å². The minimum atomic E-state index is -0.181. The van der Waals surface area contributed by atoms with Crippen LogP contribution < -0.4 is 19.7 Å². The molecule has 2 aromatic heterocycles. The van der Waals surface area contributed by atoms with Crippen LogP contribution in [0.1, 0.15) is 29.0 Å². The number of nitrogens with one attached hydrogen (secondary N) is 1. The molecule has 3 heterocycles. The molecule has 0 unspecified atom stereocenters. The number of anilines is 1. The summed E-state index contributed by atoms with van der Waals surface area (Å²) in [5.74, 6) is 1.44. The summed E-state index contributed by atoms with van der Waals surface area (Å²) >= 11 is 5.90. The maximum atomic E-state index is 5.90. The molecule has 0 bridgehead atoms. The number of benzene rings is 2. The summed E-state index contributed by atoms with van der Waals surface area (Å²) in [6.07, 6.45) is 3.89. The minimum absolute atomic E-state index is 0.163. The van der Waals surface area contributed by atoms with Crippen molar-refractivity contribution in [2.75, 3.05) is 19.1 Å². The van der Waals surface area contributed by atoms with Gasteiger partial charge in [-0.1, -0.05) is 23.8 Å². The molecule has 1 N–H and O–H groups in total. The van der Waals surface area contributed by atoms with E-state index >= 15 is 0 Å². The highest BCUT2D eigenvalue weighted by atomic mass is 32.1. The zero-order chi connectivity index (χ0) is 23.7. The normalized spacial score (nSPS) is 17.5. The largest absolute Gasteiger partial charge is 0.497 e. The predicted octanol–water partition coefficient (Wildman–Crippen LogP) is 5.38. The molecule has 2 atom stereocenters. The summed E-state index contributed by atoms with van der Waals surface area (Å²) in [4.78, 5) is 6.77. The Labute approximate surface area is 204 Å². The number of nitrogens with zero attached hydrogens (tertiary/aromatic N) is 3. The lowest BCUT2D eigenvalue weighted by atomic mass is 10.0. The Balaban J connectivity index is 1.70. The topological polar surface area (TPSA) is 51.6 Å². The molecular weight excluding hydrogens is 444 g/mol. The number of rotatable bonds is 6. The van der Waals surface area contributed by atoms with Gasteiger partial charge in [-0.05, 0) is 67.7 Å². The van der Waals surface area contributed by atoms with E-state index in [-0.39, 0.29) is 12.1 Å². The summed E-state index contributed by atoms with van der Waals surface area (Å²) in [5, 5.41) is 4.12. The predicted molar refractivity (Wildman–Crippen MR) is 138 cm³/mol. The number of aromatic nitrogens is 2. The average molecular weight is 471 g/mol. The van der Waals surface area contributed by atoms with Crippen molar-refractivity contribution in [2.45, 2.75) is 19.0 Å². The Morgan fingerprint density at radius 2 is 1.76 bits per heavy atom. The first-order valence-electron chi connectivity index (χ1n) is 11.1. The molecule has 1 saturated heterocycles. The lowest BCUT2D eigenvalue weighted by Gasteiger charge is -2.30. The van der Waals surface area contributed by atoms with Gasteiger partial charge in [0.15, 0.2) is 5.11 Å². The lowest BCUT2D eigenvalue weighted by Crippen LogP contribution is -2.30. The van der Waals surface area contributed by atoms with Crippen molar-refractivity contribution >= 4 is 23.0 Å². The Bertz CT molecular complexity index is 1300. The molecule has 7 heteroatoms. The fourth-order valence-corrected chi connectivity index (χ4v) is 4.81. The van der Waals surface area contributed by atoms with Crippen LogP contribution in [0.2, 0.25) is 0 Å². The van der Waals surface area contributed by atoms with E-state index in [2.05, 4.69) is 69.3 Å². The molecular formula is C27H26N4O2S. The summed E-state index contributed by atoms with van der Waals surface area (Å²) in [6.45, 7) is 2.09. The maximum absolute atomic E-state index is 5.90. The van der Waals surface area contributed by atoms with E-state index in [9.17, 15) is 0 Å². The summed E-state index contributed by atoms with van der Waals surface area (Å²) in [5.41, 5.74) is 5.13. The first-order valence-corrected chi connectivity index (χ1v) is 11.5. The Morgan fingerprint density at radius 1 is 0.941 bits per heavy atom. The van der Waals surface area contributed by atoms with Crippen LogP contribution in [0.5, 0.6) is 11.5 Å². The molecule has 2 aromatic carbocycles. The number of thiocarbonyl (C=S) groups is 1. The van der Waals surface area contributed by atoms with E-state index in [0.29, 0.717) is 10.9 Å². The van der Waals surface area contributed by atoms with Crippen LogP contribution >= 0.6 is 12.2 Å². The molecule has 5 rings (SSSR count). The van der Waals surface area contributed by atoms with Crippen molar-refractivity contribution in [1.29, 1.82) is 0 Å². The number of pyridine rings is 1. The fourth-order valence-electron chi connectivity index (χ4n) is 4.48. The first kappa shape index (κ1) is 22.0. The van der Waals surface area contributed by atoms with Gasteiger partial charge in [0.2, 0.25) is 0 Å². The van der Waals surface area contributed by atoms with Crippen molar-refractivity contribution in [2.24, 2.45) is 0 Å². The van der Waals surface area contributed by atoms with Gasteiger partial charge >= 0.3 is 0 Å². The average Bonchev–Trinajstić information content (AvgIpc) is 3.49. The van der Waals surface area contributed by atoms with Gasteiger partial charge in [-0.15, -0.1) is 0 Å². The second kappa shape index (κ2) is 9.19. The Kier molecular flexibility index (Phi) is 5.94. The van der Waals surface area contributed by atoms with Crippen molar-refractivity contribution in [3.05, 3.63) is 102 Å². The molecule has 6 nitrogen and oxygen atoms in total. The second-order valence-electron chi connectivity index (χ2n) is 8.17. The number of aryl methyl sites for hydroxylation is 1. The molecule has 34 heavy (non-hydrogen) atoms. The van der Waals surface area contributed by atoms with E-state index in [1.165, 1.54) is 5.56 Å². The highest BCUT2D eigenvalue weighted by Gasteiger charge is 2.43. The third-order valence-electron chi connectivity index (χ3n) is 6.14. The molecule has 1 fully saturated rings. The molecule has 4 aromatic rings. The summed E-state index contributed by atoms with van der Waals surface area (Å²) in [7, 11) is 3.32. The summed E-state index contributed by atoms with van der Waals surface area (Å²) in [6, 6.07) is 24.0. The molecule has 172 valence electrons. The van der Waals surface area contributed by atoms with Crippen LogP contribution in [-0.2, 0) is 0 Å². The first-order chi connectivity index (χ1) is 16.6. The van der Waals surface area contributed by atoms with Gasteiger partial charge in [-0.3, -0.25) is 4.98 Å². The lowest BCUT2D eigenvalue weighted by molar-refractivity contribution is 0.402. The third kappa shape index (κ3) is 3.88. The molecule has 0 spiro atoms. The van der Waals surface area contributed by atoms with E-state index in [0.717, 1.165) is 28.5 Å². The van der Waals surface area contributed by atoms with Crippen molar-refractivity contribution in [3.8, 4) is 17.2 Å². The molecule has 0 amide bonds. The third-order valence-corrected chi connectivity index (χ3v) is 6.45. The highest BCUT2D eigenvalue weighted by Crippen LogP contribution is 2.46. The molecule has 0 saturated carbocycles. The number of hydrogen-bond acceptors (Lipinski definition) is 4. The summed E-state index contributed by atoms with van der Waals surface area (Å²) < 4.78 is 13.5. The smallest absolute Gasteiger partial charge is 0.174 e. The van der Waals surface area contributed by atoms with Crippen LogP contribution in [-0.4, -0.2) is 28.9 Å². The van der Waals surface area contributed by atoms with Gasteiger partial charge in [0.05, 0.1) is 31.6 Å². The van der Waals surface area contributed by atoms with E-state index < -0.39 is 0 Å². The number of methoxy groups -OCH3 is 2. The zero-order valence-electron chi connectivity index (χ0n) is 19.3. The van der Waals surface area contributed by atoms with Crippen LogP contribution in [0.3, 0.4) is 0 Å². The van der Waals surface area contributed by atoms with Crippen LogP contribution in [0, 0.1) is 6.92 Å². The zero-order valence-corrected chi connectivity index (χ0v) is 20.1. The molecule has 0 radical (unpaired) electrons. The van der Waals surface area contributed by atoms with Gasteiger partial charge in [0.1, 0.15) is 17.5 Å². The van der Waals surface area contributed by atoms with Crippen LogP contribution in [0.25, 0.3) is 5.69 Å². The van der Waals surface area contributed by atoms with Crippen molar-refractivity contribution < 1.29 is 9.47 Å². The van der Waals surface area contributed by atoms with Gasteiger partial charge in [-0.2, -0.15) is 0 Å². The van der Waals surface area contributed by atoms with Gasteiger partial charge in [0, 0.05) is 29.8 Å². The van der Waals surface area contributed by atoms with Crippen molar-refractivity contribution in [3.63, 3.8) is 0 Å². The minimum Gasteiger partial charge on any atom is -0.497 e. The fraction of sp³-hybridized carbons (Fsp3) is 0.185. The number of hydrogen-bond donors (Lipinski definition) is 1. The quantitative estimate of drug-likeness (QED) is 0.382. The Morgan fingerprint density at radius 3 is 2.47 bits per heavy atom. The van der Waals surface area contributed by atoms with Crippen LogP contribution in [0.4, 0.5) is 5.69 Å². The number of ether oxygens (including phenoxy) is 2. The SMILES string of the molecule is COc1ccc(OC)c(N2C(=S)N[C@@H](c3ccccn3)[C@H]2c2cccn2-c2ccc(C)cc2)c1. The maximum Gasteiger partial charge on any atom is 0.174 e.